The first-order chi connectivity index (χ1) is 16.0. The van der Waals surface area contributed by atoms with E-state index in [0.717, 1.165) is 34.5 Å². The molecule has 0 radical (unpaired) electrons. The summed E-state index contributed by atoms with van der Waals surface area (Å²) in [7, 11) is 0. The van der Waals surface area contributed by atoms with Crippen molar-refractivity contribution in [2.24, 2.45) is 0 Å². The number of phenols is 1. The molecule has 0 aliphatic carbocycles. The predicted molar refractivity (Wildman–Crippen MR) is 134 cm³/mol. The second-order valence-electron chi connectivity index (χ2n) is 7.50. The van der Waals surface area contributed by atoms with Gasteiger partial charge in [0.25, 0.3) is 0 Å². The summed E-state index contributed by atoms with van der Waals surface area (Å²) in [6.07, 6.45) is 0. The summed E-state index contributed by atoms with van der Waals surface area (Å²) in [6.45, 7) is 6.17. The molecule has 0 saturated carbocycles. The van der Waals surface area contributed by atoms with Gasteiger partial charge in [0.1, 0.15) is 28.7 Å². The molecule has 0 bridgehead atoms. The number of benzene rings is 3. The topological polar surface area (TPSA) is 67.8 Å². The minimum atomic E-state index is -0.172. The van der Waals surface area contributed by atoms with Crippen LogP contribution in [0.5, 0.6) is 23.0 Å². The SMILES string of the molecule is CCNCCOc1ccc(Oc2c(C(=O)c3cc(Cl)ccc3C)sc3cc(O)ccc23)cc1. The fraction of sp³-hybridized carbons (Fsp3) is 0.192. The quantitative estimate of drug-likeness (QED) is 0.209. The molecule has 0 fully saturated rings. The van der Waals surface area contributed by atoms with E-state index in [9.17, 15) is 9.90 Å². The average Bonchev–Trinajstić information content (AvgIpc) is 3.16. The number of fused-ring (bicyclic) bond motifs is 1. The van der Waals surface area contributed by atoms with Gasteiger partial charge in [-0.25, -0.2) is 0 Å². The number of aromatic hydroxyl groups is 1. The van der Waals surface area contributed by atoms with Gasteiger partial charge in [-0.15, -0.1) is 11.3 Å². The maximum Gasteiger partial charge on any atom is 0.207 e. The molecular weight excluding hydrogens is 458 g/mol. The van der Waals surface area contributed by atoms with Gasteiger partial charge in [-0.1, -0.05) is 24.6 Å². The van der Waals surface area contributed by atoms with Crippen molar-refractivity contribution in [1.29, 1.82) is 0 Å². The average molecular weight is 482 g/mol. The normalized spacial score (nSPS) is 11.0. The molecule has 33 heavy (non-hydrogen) atoms. The number of carbonyl (C=O) groups excluding carboxylic acids is 1. The number of likely N-dealkylation sites (N-methyl/N-ethyl adjacent to an activating group) is 1. The lowest BCUT2D eigenvalue weighted by Gasteiger charge is -2.10. The summed E-state index contributed by atoms with van der Waals surface area (Å²) in [5, 5.41) is 14.4. The molecule has 4 rings (SSSR count). The summed E-state index contributed by atoms with van der Waals surface area (Å²) in [5.41, 5.74) is 1.35. The van der Waals surface area contributed by atoms with Gasteiger partial charge in [0.15, 0.2) is 5.75 Å². The van der Waals surface area contributed by atoms with Crippen LogP contribution in [0, 0.1) is 6.92 Å². The van der Waals surface area contributed by atoms with Gasteiger partial charge in [0, 0.05) is 27.2 Å². The summed E-state index contributed by atoms with van der Waals surface area (Å²) < 4.78 is 12.7. The molecule has 3 aromatic carbocycles. The number of hydrogen-bond donors (Lipinski definition) is 2. The Morgan fingerprint density at radius 3 is 2.58 bits per heavy atom. The van der Waals surface area contributed by atoms with Crippen molar-refractivity contribution < 1.29 is 19.4 Å². The molecule has 1 aromatic heterocycles. The fourth-order valence-corrected chi connectivity index (χ4v) is 4.70. The van der Waals surface area contributed by atoms with Crippen LogP contribution >= 0.6 is 22.9 Å². The van der Waals surface area contributed by atoms with Crippen LogP contribution in [0.15, 0.2) is 60.7 Å². The zero-order chi connectivity index (χ0) is 23.4. The molecule has 2 N–H and O–H groups in total. The number of halogens is 1. The number of hydrogen-bond acceptors (Lipinski definition) is 6. The first-order valence-electron chi connectivity index (χ1n) is 10.6. The lowest BCUT2D eigenvalue weighted by atomic mass is 10.0. The van der Waals surface area contributed by atoms with Crippen LogP contribution in [0.4, 0.5) is 0 Å². The van der Waals surface area contributed by atoms with Crippen molar-refractivity contribution in [3.05, 3.63) is 81.7 Å². The summed E-state index contributed by atoms with van der Waals surface area (Å²) >= 11 is 7.44. The molecule has 0 aliphatic rings. The molecule has 0 spiro atoms. The Morgan fingerprint density at radius 2 is 1.82 bits per heavy atom. The molecule has 0 unspecified atom stereocenters. The summed E-state index contributed by atoms with van der Waals surface area (Å²) in [5.74, 6) is 1.74. The largest absolute Gasteiger partial charge is 0.508 e. The second kappa shape index (κ2) is 10.3. The Hall–Kier alpha value is -3.06. The Balaban J connectivity index is 1.67. The predicted octanol–water partition coefficient (Wildman–Crippen LogP) is 6.58. The van der Waals surface area contributed by atoms with Gasteiger partial charge >= 0.3 is 0 Å². The van der Waals surface area contributed by atoms with Gasteiger partial charge in [-0.2, -0.15) is 0 Å². The number of thiophene rings is 1. The molecule has 0 atom stereocenters. The lowest BCUT2D eigenvalue weighted by Crippen LogP contribution is -2.20. The van der Waals surface area contributed by atoms with E-state index in [1.807, 2.05) is 44.2 Å². The molecule has 7 heteroatoms. The third kappa shape index (κ3) is 5.30. The van der Waals surface area contributed by atoms with Crippen LogP contribution < -0.4 is 14.8 Å². The maximum absolute atomic E-state index is 13.5. The summed E-state index contributed by atoms with van der Waals surface area (Å²) in [6, 6.07) is 17.5. The van der Waals surface area contributed by atoms with E-state index < -0.39 is 0 Å². The van der Waals surface area contributed by atoms with E-state index in [1.54, 1.807) is 30.3 Å². The standard InChI is InChI=1S/C26H24ClNO4S/c1-3-28-12-13-31-19-7-9-20(10-8-19)32-25-21-11-6-18(29)15-23(21)33-26(25)24(30)22-14-17(27)5-4-16(22)2/h4-11,14-15,28-29H,3,12-13H2,1-2H3. The van der Waals surface area contributed by atoms with E-state index in [2.05, 4.69) is 5.32 Å². The highest BCUT2D eigenvalue weighted by atomic mass is 35.5. The van der Waals surface area contributed by atoms with E-state index in [1.165, 1.54) is 11.3 Å². The van der Waals surface area contributed by atoms with E-state index in [0.29, 0.717) is 33.6 Å². The monoisotopic (exact) mass is 481 g/mol. The van der Waals surface area contributed by atoms with E-state index in [4.69, 9.17) is 21.1 Å². The van der Waals surface area contributed by atoms with Crippen molar-refractivity contribution in [3.63, 3.8) is 0 Å². The number of phenolic OH excluding ortho intramolecular Hbond substituents is 1. The van der Waals surface area contributed by atoms with Crippen LogP contribution in [-0.4, -0.2) is 30.6 Å². The Labute approximate surface area is 201 Å². The number of ether oxygens (including phenoxy) is 2. The molecule has 0 aliphatic heterocycles. The van der Waals surface area contributed by atoms with Crippen molar-refractivity contribution >= 4 is 38.8 Å². The van der Waals surface area contributed by atoms with Gasteiger partial charge in [0.05, 0.1) is 0 Å². The first kappa shape index (κ1) is 23.1. The van der Waals surface area contributed by atoms with Crippen LogP contribution in [0.3, 0.4) is 0 Å². The van der Waals surface area contributed by atoms with E-state index >= 15 is 0 Å². The fourth-order valence-electron chi connectivity index (χ4n) is 3.41. The van der Waals surface area contributed by atoms with Gasteiger partial charge in [-0.3, -0.25) is 4.79 Å². The van der Waals surface area contributed by atoms with Crippen molar-refractivity contribution in [2.75, 3.05) is 19.7 Å². The molecule has 0 saturated heterocycles. The Kier molecular flexibility index (Phi) is 7.18. The zero-order valence-corrected chi connectivity index (χ0v) is 19.9. The number of nitrogens with one attached hydrogen (secondary N) is 1. The molecule has 4 aromatic rings. The minimum absolute atomic E-state index is 0.132. The highest BCUT2D eigenvalue weighted by molar-refractivity contribution is 7.21. The Bertz CT molecular complexity index is 1280. The van der Waals surface area contributed by atoms with Crippen molar-refractivity contribution in [2.45, 2.75) is 13.8 Å². The summed E-state index contributed by atoms with van der Waals surface area (Å²) in [4.78, 5) is 13.9. The second-order valence-corrected chi connectivity index (χ2v) is 8.99. The number of carbonyl (C=O) groups is 1. The van der Waals surface area contributed by atoms with E-state index in [-0.39, 0.29) is 11.5 Å². The zero-order valence-electron chi connectivity index (χ0n) is 18.4. The molecular formula is C26H24ClNO4S. The van der Waals surface area contributed by atoms with Crippen LogP contribution in [0.1, 0.15) is 27.7 Å². The van der Waals surface area contributed by atoms with Crippen molar-refractivity contribution in [1.82, 2.24) is 5.32 Å². The Morgan fingerprint density at radius 1 is 1.06 bits per heavy atom. The lowest BCUT2D eigenvalue weighted by molar-refractivity contribution is 0.104. The minimum Gasteiger partial charge on any atom is -0.508 e. The van der Waals surface area contributed by atoms with Crippen LogP contribution in [0.2, 0.25) is 5.02 Å². The third-order valence-corrected chi connectivity index (χ3v) is 6.49. The van der Waals surface area contributed by atoms with Crippen LogP contribution in [0.25, 0.3) is 10.1 Å². The molecule has 1 heterocycles. The van der Waals surface area contributed by atoms with Gasteiger partial charge in [0.2, 0.25) is 5.78 Å². The first-order valence-corrected chi connectivity index (χ1v) is 11.8. The number of ketones is 1. The highest BCUT2D eigenvalue weighted by Gasteiger charge is 2.23. The molecule has 0 amide bonds. The van der Waals surface area contributed by atoms with Crippen LogP contribution in [-0.2, 0) is 0 Å². The molecule has 170 valence electrons. The maximum atomic E-state index is 13.5. The smallest absolute Gasteiger partial charge is 0.207 e. The highest BCUT2D eigenvalue weighted by Crippen LogP contribution is 2.43. The molecule has 5 nitrogen and oxygen atoms in total. The van der Waals surface area contributed by atoms with Gasteiger partial charge in [-0.05, 0) is 73.6 Å². The third-order valence-electron chi connectivity index (χ3n) is 5.12. The van der Waals surface area contributed by atoms with Crippen molar-refractivity contribution in [3.8, 4) is 23.0 Å². The number of rotatable bonds is 9. The number of aryl methyl sites for hydroxylation is 1. The van der Waals surface area contributed by atoms with Gasteiger partial charge < -0.3 is 19.9 Å².